The first-order chi connectivity index (χ1) is 8.70. The number of halogens is 2. The SMILES string of the molecule is NNC(Cc1cccnc1)c1cc(F)ccc1Cl. The van der Waals surface area contributed by atoms with Gasteiger partial charge in [-0.15, -0.1) is 0 Å². The molecule has 3 nitrogen and oxygen atoms in total. The Labute approximate surface area is 110 Å². The average molecular weight is 266 g/mol. The lowest BCUT2D eigenvalue weighted by Gasteiger charge is -2.17. The van der Waals surface area contributed by atoms with E-state index >= 15 is 0 Å². The van der Waals surface area contributed by atoms with Crippen LogP contribution in [0.25, 0.3) is 0 Å². The Hall–Kier alpha value is -1.49. The number of nitrogens with zero attached hydrogens (tertiary/aromatic N) is 1. The summed E-state index contributed by atoms with van der Waals surface area (Å²) in [6.07, 6.45) is 4.04. The van der Waals surface area contributed by atoms with Gasteiger partial charge in [0.1, 0.15) is 5.82 Å². The first-order valence-corrected chi connectivity index (χ1v) is 5.88. The Balaban J connectivity index is 2.26. The Kier molecular flexibility index (Phi) is 4.25. The van der Waals surface area contributed by atoms with Gasteiger partial charge in [0.25, 0.3) is 0 Å². The maximum Gasteiger partial charge on any atom is 0.123 e. The number of hydrogen-bond acceptors (Lipinski definition) is 3. The fraction of sp³-hybridized carbons (Fsp3) is 0.154. The summed E-state index contributed by atoms with van der Waals surface area (Å²) in [4.78, 5) is 4.03. The smallest absolute Gasteiger partial charge is 0.123 e. The quantitative estimate of drug-likeness (QED) is 0.660. The van der Waals surface area contributed by atoms with Gasteiger partial charge in [0.05, 0.1) is 6.04 Å². The van der Waals surface area contributed by atoms with E-state index in [2.05, 4.69) is 10.4 Å². The van der Waals surface area contributed by atoms with Gasteiger partial charge in [-0.25, -0.2) is 4.39 Å². The molecule has 1 atom stereocenters. The molecular weight excluding hydrogens is 253 g/mol. The largest absolute Gasteiger partial charge is 0.271 e. The van der Waals surface area contributed by atoms with Crippen LogP contribution in [0, 0.1) is 5.82 Å². The van der Waals surface area contributed by atoms with Gasteiger partial charge >= 0.3 is 0 Å². The lowest BCUT2D eigenvalue weighted by atomic mass is 10.0. The second-order valence-electron chi connectivity index (χ2n) is 3.95. The summed E-state index contributed by atoms with van der Waals surface area (Å²) in [5, 5.41) is 0.489. The molecule has 2 aromatic rings. The van der Waals surface area contributed by atoms with Crippen molar-refractivity contribution in [3.63, 3.8) is 0 Å². The summed E-state index contributed by atoms with van der Waals surface area (Å²) in [6.45, 7) is 0. The van der Waals surface area contributed by atoms with Crippen LogP contribution in [-0.2, 0) is 6.42 Å². The second kappa shape index (κ2) is 5.91. The predicted molar refractivity (Wildman–Crippen MR) is 69.4 cm³/mol. The molecule has 0 fully saturated rings. The van der Waals surface area contributed by atoms with Crippen LogP contribution in [0.5, 0.6) is 0 Å². The van der Waals surface area contributed by atoms with Crippen molar-refractivity contribution in [2.24, 2.45) is 5.84 Å². The minimum Gasteiger partial charge on any atom is -0.271 e. The molecule has 0 radical (unpaired) electrons. The molecule has 3 N–H and O–H groups in total. The number of aromatic nitrogens is 1. The molecule has 2 rings (SSSR count). The molecule has 0 aliphatic carbocycles. The monoisotopic (exact) mass is 265 g/mol. The molecule has 0 amide bonds. The Morgan fingerprint density at radius 1 is 1.39 bits per heavy atom. The summed E-state index contributed by atoms with van der Waals surface area (Å²) >= 11 is 6.06. The van der Waals surface area contributed by atoms with E-state index in [-0.39, 0.29) is 11.9 Å². The maximum atomic E-state index is 13.2. The summed E-state index contributed by atoms with van der Waals surface area (Å²) in [7, 11) is 0. The molecule has 1 unspecified atom stereocenters. The first-order valence-electron chi connectivity index (χ1n) is 5.50. The molecule has 1 aromatic heterocycles. The molecular formula is C13H13ClFN3. The third-order valence-corrected chi connectivity index (χ3v) is 3.04. The number of benzene rings is 1. The predicted octanol–water partition coefficient (Wildman–Crippen LogP) is 2.62. The Morgan fingerprint density at radius 3 is 2.89 bits per heavy atom. The van der Waals surface area contributed by atoms with Crippen molar-refractivity contribution in [3.05, 3.63) is 64.7 Å². The van der Waals surface area contributed by atoms with Crippen LogP contribution >= 0.6 is 11.6 Å². The van der Waals surface area contributed by atoms with Crippen LogP contribution in [0.3, 0.4) is 0 Å². The first kappa shape index (κ1) is 13.0. The summed E-state index contributed by atoms with van der Waals surface area (Å²) in [5.74, 6) is 5.19. The fourth-order valence-electron chi connectivity index (χ4n) is 1.79. The summed E-state index contributed by atoms with van der Waals surface area (Å²) < 4.78 is 13.2. The number of hydrogen-bond donors (Lipinski definition) is 2. The topological polar surface area (TPSA) is 50.9 Å². The zero-order valence-corrected chi connectivity index (χ0v) is 10.4. The van der Waals surface area contributed by atoms with Crippen molar-refractivity contribution in [3.8, 4) is 0 Å². The maximum absolute atomic E-state index is 13.2. The molecule has 18 heavy (non-hydrogen) atoms. The normalized spacial score (nSPS) is 12.4. The molecule has 1 heterocycles. The molecule has 1 aromatic carbocycles. The molecule has 0 saturated carbocycles. The number of rotatable bonds is 4. The number of hydrazine groups is 1. The summed E-state index contributed by atoms with van der Waals surface area (Å²) in [5.41, 5.74) is 4.30. The van der Waals surface area contributed by atoms with Crippen LogP contribution in [-0.4, -0.2) is 4.98 Å². The lowest BCUT2D eigenvalue weighted by molar-refractivity contribution is 0.544. The third kappa shape index (κ3) is 3.04. The van der Waals surface area contributed by atoms with Gasteiger partial charge < -0.3 is 0 Å². The standard InChI is InChI=1S/C13H13ClFN3/c14-12-4-3-10(15)7-11(12)13(18-16)6-9-2-1-5-17-8-9/h1-5,7-8,13,18H,6,16H2. The van der Waals surface area contributed by atoms with Gasteiger partial charge in [-0.3, -0.25) is 16.3 Å². The molecule has 5 heteroatoms. The third-order valence-electron chi connectivity index (χ3n) is 2.70. The van der Waals surface area contributed by atoms with Crippen molar-refractivity contribution >= 4 is 11.6 Å². The Bertz CT molecular complexity index is 519. The van der Waals surface area contributed by atoms with Crippen molar-refractivity contribution in [1.82, 2.24) is 10.4 Å². The number of nitrogens with one attached hydrogen (secondary N) is 1. The second-order valence-corrected chi connectivity index (χ2v) is 4.36. The van der Waals surface area contributed by atoms with Crippen molar-refractivity contribution in [1.29, 1.82) is 0 Å². The van der Waals surface area contributed by atoms with E-state index in [0.717, 1.165) is 5.56 Å². The lowest BCUT2D eigenvalue weighted by Crippen LogP contribution is -2.30. The van der Waals surface area contributed by atoms with Gasteiger partial charge in [-0.1, -0.05) is 17.7 Å². The van der Waals surface area contributed by atoms with E-state index in [1.165, 1.54) is 18.2 Å². The molecule has 0 aliphatic rings. The van der Waals surface area contributed by atoms with Crippen LogP contribution in [0.2, 0.25) is 5.02 Å². The van der Waals surface area contributed by atoms with Crippen LogP contribution < -0.4 is 11.3 Å². The number of nitrogens with two attached hydrogens (primary N) is 1. The van der Waals surface area contributed by atoms with E-state index in [4.69, 9.17) is 17.4 Å². The molecule has 94 valence electrons. The highest BCUT2D eigenvalue weighted by Gasteiger charge is 2.15. The summed E-state index contributed by atoms with van der Waals surface area (Å²) in [6, 6.07) is 7.77. The van der Waals surface area contributed by atoms with Crippen molar-refractivity contribution in [2.45, 2.75) is 12.5 Å². The van der Waals surface area contributed by atoms with Gasteiger partial charge in [-0.2, -0.15) is 0 Å². The van der Waals surface area contributed by atoms with E-state index in [0.29, 0.717) is 17.0 Å². The highest BCUT2D eigenvalue weighted by atomic mass is 35.5. The fourth-order valence-corrected chi connectivity index (χ4v) is 2.04. The van der Waals surface area contributed by atoms with E-state index in [1.54, 1.807) is 12.4 Å². The average Bonchev–Trinajstić information content (AvgIpc) is 2.40. The molecule has 0 saturated heterocycles. The van der Waals surface area contributed by atoms with Crippen molar-refractivity contribution < 1.29 is 4.39 Å². The van der Waals surface area contributed by atoms with Crippen molar-refractivity contribution in [2.75, 3.05) is 0 Å². The zero-order valence-electron chi connectivity index (χ0n) is 9.61. The minimum absolute atomic E-state index is 0.252. The van der Waals surface area contributed by atoms with Crippen LogP contribution in [0.4, 0.5) is 4.39 Å². The zero-order chi connectivity index (χ0) is 13.0. The Morgan fingerprint density at radius 2 is 2.22 bits per heavy atom. The molecule has 0 aliphatic heterocycles. The van der Waals surface area contributed by atoms with Gasteiger partial charge in [0.2, 0.25) is 0 Å². The minimum atomic E-state index is -0.333. The van der Waals surface area contributed by atoms with Gasteiger partial charge in [-0.05, 0) is 41.8 Å². The van der Waals surface area contributed by atoms with E-state index in [1.807, 2.05) is 12.1 Å². The highest BCUT2D eigenvalue weighted by molar-refractivity contribution is 6.31. The number of pyridine rings is 1. The van der Waals surface area contributed by atoms with E-state index in [9.17, 15) is 4.39 Å². The van der Waals surface area contributed by atoms with E-state index < -0.39 is 0 Å². The molecule has 0 bridgehead atoms. The van der Waals surface area contributed by atoms with Gasteiger partial charge in [0, 0.05) is 17.4 Å². The molecule has 0 spiro atoms. The van der Waals surface area contributed by atoms with Crippen LogP contribution in [0.1, 0.15) is 17.2 Å². The van der Waals surface area contributed by atoms with Gasteiger partial charge in [0.15, 0.2) is 0 Å². The van der Waals surface area contributed by atoms with Crippen LogP contribution in [0.15, 0.2) is 42.7 Å². The highest BCUT2D eigenvalue weighted by Crippen LogP contribution is 2.25.